The van der Waals surface area contributed by atoms with Crippen molar-refractivity contribution in [1.29, 1.82) is 0 Å². The average Bonchev–Trinajstić information content (AvgIpc) is 2.82. The van der Waals surface area contributed by atoms with Gasteiger partial charge in [-0.25, -0.2) is 0 Å². The van der Waals surface area contributed by atoms with Gasteiger partial charge in [-0.05, 0) is 50.1 Å². The fourth-order valence-electron chi connectivity index (χ4n) is 4.33. The Morgan fingerprint density at radius 3 is 2.26 bits per heavy atom. The van der Waals surface area contributed by atoms with Gasteiger partial charge in [-0.1, -0.05) is 54.1 Å². The molecule has 1 heterocycles. The Kier molecular flexibility index (Phi) is 6.68. The van der Waals surface area contributed by atoms with Crippen molar-refractivity contribution in [2.45, 2.75) is 32.4 Å². The summed E-state index contributed by atoms with van der Waals surface area (Å²) in [6.45, 7) is 4.84. The van der Waals surface area contributed by atoms with Gasteiger partial charge in [0.05, 0.1) is 7.11 Å². The van der Waals surface area contributed by atoms with Crippen molar-refractivity contribution in [1.82, 2.24) is 4.90 Å². The maximum atomic E-state index is 13.5. The molecule has 1 amide bonds. The number of para-hydroxylation sites is 1. The lowest BCUT2D eigenvalue weighted by Gasteiger charge is -2.39. The van der Waals surface area contributed by atoms with E-state index in [2.05, 4.69) is 48.2 Å². The van der Waals surface area contributed by atoms with Gasteiger partial charge in [0.1, 0.15) is 5.75 Å². The maximum absolute atomic E-state index is 13.5. The van der Waals surface area contributed by atoms with Crippen molar-refractivity contribution in [3.63, 3.8) is 0 Å². The molecule has 0 saturated carbocycles. The van der Waals surface area contributed by atoms with Crippen LogP contribution in [0.1, 0.15) is 34.3 Å². The summed E-state index contributed by atoms with van der Waals surface area (Å²) in [4.78, 5) is 17.9. The molecule has 1 fully saturated rings. The number of methoxy groups -OCH3 is 1. The number of carbonyl (C=O) groups excluding carboxylic acids is 1. The predicted molar refractivity (Wildman–Crippen MR) is 126 cm³/mol. The summed E-state index contributed by atoms with van der Waals surface area (Å²) < 4.78 is 5.51. The molecule has 31 heavy (non-hydrogen) atoms. The van der Waals surface area contributed by atoms with Crippen molar-refractivity contribution in [2.75, 3.05) is 25.1 Å². The van der Waals surface area contributed by atoms with Crippen LogP contribution >= 0.6 is 0 Å². The van der Waals surface area contributed by atoms with Crippen LogP contribution in [0.15, 0.2) is 78.9 Å². The summed E-state index contributed by atoms with van der Waals surface area (Å²) >= 11 is 0. The van der Waals surface area contributed by atoms with Gasteiger partial charge in [-0.2, -0.15) is 0 Å². The number of hydrogen-bond acceptors (Lipinski definition) is 3. The number of benzene rings is 3. The van der Waals surface area contributed by atoms with Gasteiger partial charge in [0.2, 0.25) is 0 Å². The smallest absolute Gasteiger partial charge is 0.258 e. The molecule has 3 aromatic rings. The third kappa shape index (κ3) is 4.97. The molecule has 1 saturated heterocycles. The van der Waals surface area contributed by atoms with E-state index < -0.39 is 0 Å². The molecule has 0 radical (unpaired) electrons. The SMILES string of the molecule is COc1ccccc1CN1CCC(N(C(=O)c2ccccc2)c2ccc(C)cc2)CC1. The molecule has 4 heteroatoms. The summed E-state index contributed by atoms with van der Waals surface area (Å²) in [6, 6.07) is 26.3. The quantitative estimate of drug-likeness (QED) is 0.548. The molecule has 0 N–H and O–H groups in total. The monoisotopic (exact) mass is 414 g/mol. The topological polar surface area (TPSA) is 32.8 Å². The van der Waals surface area contributed by atoms with E-state index in [1.807, 2.05) is 47.4 Å². The highest BCUT2D eigenvalue weighted by atomic mass is 16.5. The number of likely N-dealkylation sites (tertiary alicyclic amines) is 1. The Bertz CT molecular complexity index is 993. The van der Waals surface area contributed by atoms with Gasteiger partial charge >= 0.3 is 0 Å². The zero-order valence-electron chi connectivity index (χ0n) is 18.3. The zero-order valence-corrected chi connectivity index (χ0v) is 18.3. The van der Waals surface area contributed by atoms with Crippen molar-refractivity contribution in [3.05, 3.63) is 95.6 Å². The standard InChI is InChI=1S/C27H30N2O2/c1-21-12-14-24(15-13-21)29(27(30)22-8-4-3-5-9-22)25-16-18-28(19-17-25)20-23-10-6-7-11-26(23)31-2/h3-15,25H,16-20H2,1-2H3. The largest absolute Gasteiger partial charge is 0.496 e. The molecule has 0 spiro atoms. The van der Waals surface area contributed by atoms with Gasteiger partial charge in [-0.15, -0.1) is 0 Å². The second-order valence-corrected chi connectivity index (χ2v) is 8.20. The van der Waals surface area contributed by atoms with E-state index in [0.717, 1.165) is 49.5 Å². The van der Waals surface area contributed by atoms with Gasteiger partial charge in [0.25, 0.3) is 5.91 Å². The van der Waals surface area contributed by atoms with Crippen LogP contribution in [0.4, 0.5) is 5.69 Å². The molecule has 160 valence electrons. The van der Waals surface area contributed by atoms with Crippen molar-refractivity contribution in [2.24, 2.45) is 0 Å². The van der Waals surface area contributed by atoms with Crippen molar-refractivity contribution >= 4 is 11.6 Å². The Morgan fingerprint density at radius 1 is 0.935 bits per heavy atom. The number of ether oxygens (including phenoxy) is 1. The van der Waals surface area contributed by atoms with Gasteiger partial charge < -0.3 is 9.64 Å². The highest BCUT2D eigenvalue weighted by Crippen LogP contribution is 2.28. The first kappa shape index (κ1) is 21.1. The number of carbonyl (C=O) groups is 1. The fraction of sp³-hybridized carbons (Fsp3) is 0.296. The Labute approximate surface area is 185 Å². The molecular formula is C27H30N2O2. The van der Waals surface area contributed by atoms with E-state index in [1.54, 1.807) is 7.11 Å². The first-order valence-corrected chi connectivity index (χ1v) is 11.0. The molecule has 4 rings (SSSR count). The lowest BCUT2D eigenvalue weighted by atomic mass is 9.99. The van der Waals surface area contributed by atoms with Crippen LogP contribution < -0.4 is 9.64 Å². The van der Waals surface area contributed by atoms with Crippen LogP contribution in [-0.2, 0) is 6.54 Å². The van der Waals surface area contributed by atoms with Gasteiger partial charge in [0.15, 0.2) is 0 Å². The van der Waals surface area contributed by atoms with Crippen LogP contribution in [-0.4, -0.2) is 37.0 Å². The predicted octanol–water partition coefficient (Wildman–Crippen LogP) is 5.32. The second-order valence-electron chi connectivity index (χ2n) is 8.20. The third-order valence-electron chi connectivity index (χ3n) is 6.06. The number of amides is 1. The van der Waals surface area contributed by atoms with E-state index >= 15 is 0 Å². The molecule has 0 atom stereocenters. The Hall–Kier alpha value is -3.11. The Balaban J connectivity index is 1.50. The third-order valence-corrected chi connectivity index (χ3v) is 6.06. The molecule has 0 aliphatic carbocycles. The number of nitrogens with zero attached hydrogens (tertiary/aromatic N) is 2. The van der Waals surface area contributed by atoms with Crippen LogP contribution in [0.3, 0.4) is 0 Å². The normalized spacial score (nSPS) is 14.9. The lowest BCUT2D eigenvalue weighted by molar-refractivity contribution is 0.0958. The van der Waals surface area contributed by atoms with Crippen molar-refractivity contribution in [3.8, 4) is 5.75 Å². The zero-order chi connectivity index (χ0) is 21.6. The van der Waals surface area contributed by atoms with E-state index in [0.29, 0.717) is 0 Å². The van der Waals surface area contributed by atoms with Crippen LogP contribution in [0.2, 0.25) is 0 Å². The Morgan fingerprint density at radius 2 is 1.58 bits per heavy atom. The molecule has 0 aromatic heterocycles. The molecule has 0 unspecified atom stereocenters. The number of rotatable bonds is 6. The summed E-state index contributed by atoms with van der Waals surface area (Å²) in [5, 5.41) is 0. The molecule has 1 aliphatic heterocycles. The highest BCUT2D eigenvalue weighted by Gasteiger charge is 2.30. The minimum Gasteiger partial charge on any atom is -0.496 e. The number of anilines is 1. The summed E-state index contributed by atoms with van der Waals surface area (Å²) in [5.74, 6) is 1.01. The molecule has 1 aliphatic rings. The minimum atomic E-state index is 0.0765. The second kappa shape index (κ2) is 9.80. The van der Waals surface area contributed by atoms with E-state index in [4.69, 9.17) is 4.74 Å². The van der Waals surface area contributed by atoms with Crippen LogP contribution in [0.25, 0.3) is 0 Å². The van der Waals surface area contributed by atoms with Crippen molar-refractivity contribution < 1.29 is 9.53 Å². The fourth-order valence-corrected chi connectivity index (χ4v) is 4.33. The first-order chi connectivity index (χ1) is 15.2. The van der Waals surface area contributed by atoms with Gasteiger partial charge in [-0.3, -0.25) is 9.69 Å². The van der Waals surface area contributed by atoms with Crippen LogP contribution in [0, 0.1) is 6.92 Å². The van der Waals surface area contributed by atoms with Gasteiger partial charge in [0, 0.05) is 42.5 Å². The number of aryl methyl sites for hydroxylation is 1. The minimum absolute atomic E-state index is 0.0765. The highest BCUT2D eigenvalue weighted by molar-refractivity contribution is 6.06. The summed E-state index contributed by atoms with van der Waals surface area (Å²) in [5.41, 5.74) is 4.11. The van der Waals surface area contributed by atoms with Crippen LogP contribution in [0.5, 0.6) is 5.75 Å². The van der Waals surface area contributed by atoms with E-state index in [1.165, 1.54) is 11.1 Å². The molecule has 4 nitrogen and oxygen atoms in total. The number of hydrogen-bond donors (Lipinski definition) is 0. The lowest BCUT2D eigenvalue weighted by Crippen LogP contribution is -2.47. The molecule has 3 aromatic carbocycles. The van der Waals surface area contributed by atoms with E-state index in [-0.39, 0.29) is 11.9 Å². The average molecular weight is 415 g/mol. The molecule has 0 bridgehead atoms. The first-order valence-electron chi connectivity index (χ1n) is 11.0. The maximum Gasteiger partial charge on any atom is 0.258 e. The van der Waals surface area contributed by atoms with E-state index in [9.17, 15) is 4.79 Å². The summed E-state index contributed by atoms with van der Waals surface area (Å²) in [6.07, 6.45) is 1.89. The molecular weight excluding hydrogens is 384 g/mol. The number of piperidine rings is 1. The summed E-state index contributed by atoms with van der Waals surface area (Å²) in [7, 11) is 1.72.